The van der Waals surface area contributed by atoms with E-state index in [-0.39, 0.29) is 5.41 Å². The first kappa shape index (κ1) is 10.9. The first-order chi connectivity index (χ1) is 8.25. The van der Waals surface area contributed by atoms with Gasteiger partial charge in [0, 0.05) is 17.5 Å². The average molecular weight is 233 g/mol. The number of aryl methyl sites for hydroxylation is 1. The lowest BCUT2D eigenvalue weighted by atomic mass is 9.64. The number of hydrogen-bond acceptors (Lipinski definition) is 3. The van der Waals surface area contributed by atoms with Gasteiger partial charge in [-0.1, -0.05) is 12.5 Å². The van der Waals surface area contributed by atoms with Crippen molar-refractivity contribution in [3.63, 3.8) is 0 Å². The zero-order chi connectivity index (χ0) is 11.9. The number of hydrogen-bond donors (Lipinski definition) is 1. The molecule has 1 fully saturated rings. The van der Waals surface area contributed by atoms with Gasteiger partial charge in [-0.25, -0.2) is 0 Å². The van der Waals surface area contributed by atoms with E-state index < -0.39 is 0 Å². The molecule has 1 aromatic carbocycles. The van der Waals surface area contributed by atoms with Crippen LogP contribution in [0.15, 0.2) is 12.1 Å². The summed E-state index contributed by atoms with van der Waals surface area (Å²) in [6.07, 6.45) is 3.60. The highest BCUT2D eigenvalue weighted by atomic mass is 16.6. The largest absolute Gasteiger partial charge is 0.486 e. The van der Waals surface area contributed by atoms with E-state index in [1.54, 1.807) is 0 Å². The summed E-state index contributed by atoms with van der Waals surface area (Å²) in [6, 6.07) is 4.28. The molecule has 1 aliphatic heterocycles. The van der Waals surface area contributed by atoms with Crippen LogP contribution in [0.2, 0.25) is 0 Å². The van der Waals surface area contributed by atoms with Gasteiger partial charge in [0.05, 0.1) is 0 Å². The number of rotatable bonds is 2. The van der Waals surface area contributed by atoms with E-state index in [4.69, 9.17) is 15.2 Å². The van der Waals surface area contributed by atoms with Gasteiger partial charge in [-0.15, -0.1) is 0 Å². The fourth-order valence-corrected chi connectivity index (χ4v) is 2.87. The third kappa shape index (κ3) is 1.61. The Bertz CT molecular complexity index is 433. The lowest BCUT2D eigenvalue weighted by Crippen LogP contribution is -2.42. The summed E-state index contributed by atoms with van der Waals surface area (Å²) in [6.45, 7) is 4.09. The van der Waals surface area contributed by atoms with E-state index in [1.807, 2.05) is 0 Å². The number of nitrogens with two attached hydrogens (primary N) is 1. The molecule has 0 spiro atoms. The summed E-state index contributed by atoms with van der Waals surface area (Å²) in [4.78, 5) is 0. The van der Waals surface area contributed by atoms with Crippen molar-refractivity contribution in [1.29, 1.82) is 0 Å². The van der Waals surface area contributed by atoms with Crippen molar-refractivity contribution in [3.8, 4) is 11.5 Å². The van der Waals surface area contributed by atoms with Gasteiger partial charge in [0.15, 0.2) is 11.5 Å². The van der Waals surface area contributed by atoms with Crippen molar-refractivity contribution < 1.29 is 9.47 Å². The molecule has 3 heteroatoms. The van der Waals surface area contributed by atoms with Crippen LogP contribution in [-0.4, -0.2) is 19.8 Å². The molecule has 17 heavy (non-hydrogen) atoms. The standard InChI is InChI=1S/C14H19NO2/c1-10-7-11(14(9-15)3-2-4-14)13-12(8-10)16-5-6-17-13/h7-8H,2-6,9,15H2,1H3. The SMILES string of the molecule is Cc1cc2c(c(C3(CN)CCC3)c1)OCCO2. The van der Waals surface area contributed by atoms with Gasteiger partial charge >= 0.3 is 0 Å². The first-order valence-electron chi connectivity index (χ1n) is 6.36. The summed E-state index contributed by atoms with van der Waals surface area (Å²) in [7, 11) is 0. The van der Waals surface area contributed by atoms with Crippen LogP contribution in [-0.2, 0) is 5.41 Å². The fraction of sp³-hybridized carbons (Fsp3) is 0.571. The van der Waals surface area contributed by atoms with Crippen LogP contribution in [0.5, 0.6) is 11.5 Å². The Morgan fingerprint density at radius 2 is 2.00 bits per heavy atom. The molecular formula is C14H19NO2. The van der Waals surface area contributed by atoms with Crippen molar-refractivity contribution in [2.24, 2.45) is 5.73 Å². The molecular weight excluding hydrogens is 214 g/mol. The average Bonchev–Trinajstić information content (AvgIpc) is 2.28. The molecule has 92 valence electrons. The number of ether oxygens (including phenoxy) is 2. The van der Waals surface area contributed by atoms with Gasteiger partial charge in [-0.2, -0.15) is 0 Å². The highest BCUT2D eigenvalue weighted by Crippen LogP contribution is 2.50. The summed E-state index contributed by atoms with van der Waals surface area (Å²) in [5, 5.41) is 0. The van der Waals surface area contributed by atoms with E-state index in [2.05, 4.69) is 19.1 Å². The monoisotopic (exact) mass is 233 g/mol. The van der Waals surface area contributed by atoms with Gasteiger partial charge in [0.25, 0.3) is 0 Å². The van der Waals surface area contributed by atoms with Crippen molar-refractivity contribution >= 4 is 0 Å². The lowest BCUT2D eigenvalue weighted by Gasteiger charge is -2.43. The van der Waals surface area contributed by atoms with Gasteiger partial charge in [-0.05, 0) is 31.4 Å². The van der Waals surface area contributed by atoms with Crippen molar-refractivity contribution in [1.82, 2.24) is 0 Å². The zero-order valence-corrected chi connectivity index (χ0v) is 10.3. The van der Waals surface area contributed by atoms with E-state index in [1.165, 1.54) is 30.4 Å². The van der Waals surface area contributed by atoms with E-state index in [0.29, 0.717) is 19.8 Å². The van der Waals surface area contributed by atoms with Gasteiger partial charge in [-0.3, -0.25) is 0 Å². The van der Waals surface area contributed by atoms with Crippen LogP contribution in [0.3, 0.4) is 0 Å². The Hall–Kier alpha value is -1.22. The minimum Gasteiger partial charge on any atom is -0.486 e. The van der Waals surface area contributed by atoms with E-state index in [9.17, 15) is 0 Å². The van der Waals surface area contributed by atoms with E-state index in [0.717, 1.165) is 11.5 Å². The molecule has 0 aromatic heterocycles. The van der Waals surface area contributed by atoms with E-state index >= 15 is 0 Å². The number of benzene rings is 1. The topological polar surface area (TPSA) is 44.5 Å². The molecule has 0 saturated heterocycles. The van der Waals surface area contributed by atoms with Crippen molar-refractivity contribution in [2.45, 2.75) is 31.6 Å². The molecule has 0 amide bonds. The Kier molecular flexibility index (Phi) is 2.51. The van der Waals surface area contributed by atoms with Gasteiger partial charge < -0.3 is 15.2 Å². The molecule has 1 aromatic rings. The predicted molar refractivity (Wildman–Crippen MR) is 66.8 cm³/mol. The third-order valence-electron chi connectivity index (χ3n) is 4.06. The van der Waals surface area contributed by atoms with Crippen LogP contribution in [0, 0.1) is 6.92 Å². The Labute approximate surface area is 102 Å². The predicted octanol–water partition coefficient (Wildman–Crippen LogP) is 2.15. The Morgan fingerprint density at radius 1 is 1.24 bits per heavy atom. The van der Waals surface area contributed by atoms with Crippen LogP contribution >= 0.6 is 0 Å². The molecule has 2 N–H and O–H groups in total. The maximum absolute atomic E-state index is 5.99. The summed E-state index contributed by atoms with van der Waals surface area (Å²) in [5.74, 6) is 1.83. The van der Waals surface area contributed by atoms with Crippen molar-refractivity contribution in [2.75, 3.05) is 19.8 Å². The molecule has 3 rings (SSSR count). The minimum absolute atomic E-state index is 0.136. The van der Waals surface area contributed by atoms with Gasteiger partial charge in [0.2, 0.25) is 0 Å². The highest BCUT2D eigenvalue weighted by Gasteiger charge is 2.41. The fourth-order valence-electron chi connectivity index (χ4n) is 2.87. The number of fused-ring (bicyclic) bond motifs is 1. The van der Waals surface area contributed by atoms with Crippen LogP contribution in [0.25, 0.3) is 0 Å². The normalized spacial score (nSPS) is 20.8. The second-order valence-electron chi connectivity index (χ2n) is 5.17. The second-order valence-corrected chi connectivity index (χ2v) is 5.17. The maximum atomic E-state index is 5.99. The summed E-state index contributed by atoms with van der Waals surface area (Å²) in [5.41, 5.74) is 8.61. The minimum atomic E-state index is 0.136. The highest BCUT2D eigenvalue weighted by molar-refractivity contribution is 5.54. The van der Waals surface area contributed by atoms with Crippen LogP contribution in [0.4, 0.5) is 0 Å². The summed E-state index contributed by atoms with van der Waals surface area (Å²) >= 11 is 0. The maximum Gasteiger partial charge on any atom is 0.165 e. The van der Waals surface area contributed by atoms with Gasteiger partial charge in [0.1, 0.15) is 13.2 Å². The molecule has 3 nitrogen and oxygen atoms in total. The lowest BCUT2D eigenvalue weighted by molar-refractivity contribution is 0.159. The smallest absolute Gasteiger partial charge is 0.165 e. The van der Waals surface area contributed by atoms with Crippen LogP contribution < -0.4 is 15.2 Å². The van der Waals surface area contributed by atoms with Crippen LogP contribution in [0.1, 0.15) is 30.4 Å². The molecule has 0 unspecified atom stereocenters. The molecule has 1 heterocycles. The van der Waals surface area contributed by atoms with Crippen molar-refractivity contribution in [3.05, 3.63) is 23.3 Å². The molecule has 2 aliphatic rings. The molecule has 1 saturated carbocycles. The Balaban J connectivity index is 2.11. The quantitative estimate of drug-likeness (QED) is 0.851. The molecule has 0 bridgehead atoms. The molecule has 1 aliphatic carbocycles. The third-order valence-corrected chi connectivity index (χ3v) is 4.06. The molecule has 0 radical (unpaired) electrons. The Morgan fingerprint density at radius 3 is 2.65 bits per heavy atom. The molecule has 0 atom stereocenters. The summed E-state index contributed by atoms with van der Waals surface area (Å²) < 4.78 is 11.5. The first-order valence-corrected chi connectivity index (χ1v) is 6.36. The second kappa shape index (κ2) is 3.91. The zero-order valence-electron chi connectivity index (χ0n) is 10.3.